The number of hydrogen-bond acceptors (Lipinski definition) is 3. The zero-order valence-corrected chi connectivity index (χ0v) is 18.7. The fraction of sp³-hybridized carbons (Fsp3) is 0.944. The van der Waals surface area contributed by atoms with Crippen LogP contribution in [0.25, 0.3) is 0 Å². The first kappa shape index (κ1) is 20.6. The Balaban J connectivity index is 0.00000208. The number of nitrogens with one attached hydrogen (secondary N) is 2. The highest BCUT2D eigenvalue weighted by Crippen LogP contribution is 2.52. The molecule has 24 heavy (non-hydrogen) atoms. The predicted octanol–water partition coefficient (Wildman–Crippen LogP) is 3.65. The second-order valence-corrected chi connectivity index (χ2v) is 9.01. The van der Waals surface area contributed by atoms with E-state index in [0.717, 1.165) is 24.4 Å². The molecule has 2 N–H and O–H groups in total. The van der Waals surface area contributed by atoms with E-state index in [4.69, 9.17) is 9.73 Å². The Morgan fingerprint density at radius 3 is 2.75 bits per heavy atom. The summed E-state index contributed by atoms with van der Waals surface area (Å²) in [5.74, 6) is 1.67. The van der Waals surface area contributed by atoms with Crippen LogP contribution in [-0.2, 0) is 4.74 Å². The van der Waals surface area contributed by atoms with E-state index in [2.05, 4.69) is 37.7 Å². The number of thioether (sulfide) groups is 1. The lowest BCUT2D eigenvalue weighted by Gasteiger charge is -2.55. The largest absolute Gasteiger partial charge is 0.377 e. The Kier molecular flexibility index (Phi) is 7.56. The third-order valence-electron chi connectivity index (χ3n) is 6.01. The Morgan fingerprint density at radius 1 is 1.25 bits per heavy atom. The van der Waals surface area contributed by atoms with Crippen LogP contribution in [0.4, 0.5) is 0 Å². The molecule has 140 valence electrons. The molecule has 0 amide bonds. The van der Waals surface area contributed by atoms with Crippen molar-refractivity contribution in [2.75, 3.05) is 19.4 Å². The van der Waals surface area contributed by atoms with E-state index in [1.807, 2.05) is 11.8 Å². The summed E-state index contributed by atoms with van der Waals surface area (Å²) in [6.07, 6.45) is 9.07. The van der Waals surface area contributed by atoms with Gasteiger partial charge in [-0.05, 0) is 38.9 Å². The molecule has 4 nitrogen and oxygen atoms in total. The maximum absolute atomic E-state index is 5.91. The maximum Gasteiger partial charge on any atom is 0.191 e. The highest BCUT2D eigenvalue weighted by atomic mass is 127. The Labute approximate surface area is 168 Å². The second-order valence-electron chi connectivity index (χ2n) is 7.88. The van der Waals surface area contributed by atoms with Gasteiger partial charge in [-0.3, -0.25) is 4.99 Å². The van der Waals surface area contributed by atoms with E-state index in [1.165, 1.54) is 32.1 Å². The van der Waals surface area contributed by atoms with Gasteiger partial charge < -0.3 is 15.4 Å². The molecule has 5 atom stereocenters. The maximum atomic E-state index is 5.91. The highest BCUT2D eigenvalue weighted by molar-refractivity contribution is 14.0. The fourth-order valence-corrected chi connectivity index (χ4v) is 5.57. The molecule has 2 aliphatic carbocycles. The van der Waals surface area contributed by atoms with Crippen molar-refractivity contribution >= 4 is 41.7 Å². The van der Waals surface area contributed by atoms with Gasteiger partial charge in [0.05, 0.1) is 6.10 Å². The van der Waals surface area contributed by atoms with Crippen molar-refractivity contribution in [2.45, 2.75) is 76.3 Å². The Bertz CT molecular complexity index is 446. The number of fused-ring (bicyclic) bond motifs is 1. The molecule has 1 aliphatic heterocycles. The number of guanidine groups is 1. The van der Waals surface area contributed by atoms with E-state index in [0.29, 0.717) is 24.1 Å². The van der Waals surface area contributed by atoms with Crippen LogP contribution in [0.5, 0.6) is 0 Å². The first-order valence-electron chi connectivity index (χ1n) is 9.28. The monoisotopic (exact) mass is 467 g/mol. The van der Waals surface area contributed by atoms with Crippen LogP contribution in [0, 0.1) is 11.3 Å². The standard InChI is InChI=1S/C18H33N3OS.HI/c1-5-19-17(20-12-7-6-8-13(11-12)23-4)21-15-14-9-10-22-16(14)18(15,2)3;/h12-16H,5-11H2,1-4H3,(H2,19,20,21);1H. The van der Waals surface area contributed by atoms with Crippen molar-refractivity contribution in [1.82, 2.24) is 10.6 Å². The van der Waals surface area contributed by atoms with Crippen molar-refractivity contribution in [1.29, 1.82) is 0 Å². The van der Waals surface area contributed by atoms with Crippen molar-refractivity contribution in [3.05, 3.63) is 0 Å². The van der Waals surface area contributed by atoms with Gasteiger partial charge in [-0.15, -0.1) is 24.0 Å². The minimum Gasteiger partial charge on any atom is -0.377 e. The molecule has 5 unspecified atom stereocenters. The second kappa shape index (κ2) is 8.80. The van der Waals surface area contributed by atoms with Crippen LogP contribution in [0.3, 0.4) is 0 Å². The third-order valence-corrected chi connectivity index (χ3v) is 7.10. The lowest BCUT2D eigenvalue weighted by Crippen LogP contribution is -2.68. The molecule has 0 radical (unpaired) electrons. The summed E-state index contributed by atoms with van der Waals surface area (Å²) in [7, 11) is 0. The molecule has 3 fully saturated rings. The van der Waals surface area contributed by atoms with Crippen LogP contribution < -0.4 is 10.6 Å². The summed E-state index contributed by atoms with van der Waals surface area (Å²) < 4.78 is 5.91. The number of ether oxygens (including phenoxy) is 1. The number of nitrogens with zero attached hydrogens (tertiary/aromatic N) is 1. The van der Waals surface area contributed by atoms with Crippen LogP contribution >= 0.6 is 35.7 Å². The van der Waals surface area contributed by atoms with E-state index < -0.39 is 0 Å². The van der Waals surface area contributed by atoms with Crippen molar-refractivity contribution in [2.24, 2.45) is 16.3 Å². The summed E-state index contributed by atoms with van der Waals surface area (Å²) in [4.78, 5) is 4.72. The first-order chi connectivity index (χ1) is 11.1. The molecule has 3 rings (SSSR count). The van der Waals surface area contributed by atoms with Gasteiger partial charge in [0.25, 0.3) is 0 Å². The molecule has 3 aliphatic rings. The highest BCUT2D eigenvalue weighted by Gasteiger charge is 2.59. The van der Waals surface area contributed by atoms with Crippen molar-refractivity contribution in [3.8, 4) is 0 Å². The van der Waals surface area contributed by atoms with Crippen molar-refractivity contribution < 1.29 is 4.74 Å². The number of aliphatic imine (C=N–C) groups is 1. The molecule has 0 aromatic heterocycles. The topological polar surface area (TPSA) is 45.7 Å². The van der Waals surface area contributed by atoms with Gasteiger partial charge in [0.2, 0.25) is 0 Å². The van der Waals surface area contributed by atoms with E-state index in [1.54, 1.807) is 0 Å². The molecule has 6 heteroatoms. The fourth-order valence-electron chi connectivity index (χ4n) is 4.74. The minimum absolute atomic E-state index is 0. The van der Waals surface area contributed by atoms with E-state index >= 15 is 0 Å². The van der Waals surface area contributed by atoms with Gasteiger partial charge in [0, 0.05) is 41.8 Å². The average molecular weight is 467 g/mol. The summed E-state index contributed by atoms with van der Waals surface area (Å²) in [6.45, 7) is 8.51. The van der Waals surface area contributed by atoms with Crippen LogP contribution in [0.2, 0.25) is 0 Å². The molecular formula is C18H34IN3OS. The molecule has 1 heterocycles. The Hall–Kier alpha value is 0.310. The number of halogens is 1. The zero-order chi connectivity index (χ0) is 16.4. The SMILES string of the molecule is CCN=C(NC1CCCC(SC)C1)NC1C2CCOC2C1(C)C.I. The normalized spacial score (nSPS) is 37.8. The average Bonchev–Trinajstić information content (AvgIpc) is 3.00. The number of rotatable bonds is 4. The van der Waals surface area contributed by atoms with Gasteiger partial charge in [-0.2, -0.15) is 11.8 Å². The van der Waals surface area contributed by atoms with Gasteiger partial charge in [-0.1, -0.05) is 20.3 Å². The minimum atomic E-state index is 0. The quantitative estimate of drug-likeness (QED) is 0.377. The molecule has 0 aromatic rings. The molecular weight excluding hydrogens is 433 g/mol. The summed E-state index contributed by atoms with van der Waals surface area (Å²) in [5, 5.41) is 8.27. The van der Waals surface area contributed by atoms with Crippen LogP contribution in [0.1, 0.15) is 52.9 Å². The zero-order valence-electron chi connectivity index (χ0n) is 15.5. The molecule has 0 spiro atoms. The summed E-state index contributed by atoms with van der Waals surface area (Å²) >= 11 is 2.02. The Morgan fingerprint density at radius 2 is 2.04 bits per heavy atom. The molecule has 1 saturated heterocycles. The van der Waals surface area contributed by atoms with E-state index in [-0.39, 0.29) is 29.4 Å². The molecule has 0 aromatic carbocycles. The molecule has 0 bridgehead atoms. The molecule has 2 saturated carbocycles. The van der Waals surface area contributed by atoms with Gasteiger partial charge >= 0.3 is 0 Å². The smallest absolute Gasteiger partial charge is 0.191 e. The van der Waals surface area contributed by atoms with Crippen LogP contribution in [0.15, 0.2) is 4.99 Å². The van der Waals surface area contributed by atoms with Gasteiger partial charge in [0.15, 0.2) is 5.96 Å². The van der Waals surface area contributed by atoms with Gasteiger partial charge in [-0.25, -0.2) is 0 Å². The van der Waals surface area contributed by atoms with E-state index in [9.17, 15) is 0 Å². The summed E-state index contributed by atoms with van der Waals surface area (Å²) in [6, 6.07) is 1.05. The summed E-state index contributed by atoms with van der Waals surface area (Å²) in [5.41, 5.74) is 0.200. The number of hydrogen-bond donors (Lipinski definition) is 2. The lowest BCUT2D eigenvalue weighted by molar-refractivity contribution is -0.106. The van der Waals surface area contributed by atoms with Crippen LogP contribution in [-0.4, -0.2) is 48.8 Å². The third kappa shape index (κ3) is 4.17. The van der Waals surface area contributed by atoms with Crippen molar-refractivity contribution in [3.63, 3.8) is 0 Å². The lowest BCUT2D eigenvalue weighted by atomic mass is 9.57. The first-order valence-corrected chi connectivity index (χ1v) is 10.6. The van der Waals surface area contributed by atoms with Gasteiger partial charge in [0.1, 0.15) is 0 Å². The predicted molar refractivity (Wildman–Crippen MR) is 115 cm³/mol.